The normalized spacial score (nSPS) is 17.8. The predicted molar refractivity (Wildman–Crippen MR) is 98.5 cm³/mol. The molecule has 1 heterocycles. The Labute approximate surface area is 156 Å². The molecule has 1 fully saturated rings. The number of aromatic hydroxyl groups is 1. The van der Waals surface area contributed by atoms with Crippen molar-refractivity contribution in [1.82, 2.24) is 9.80 Å². The number of urea groups is 1. The molecule has 0 saturated carbocycles. The molecule has 0 spiro atoms. The van der Waals surface area contributed by atoms with Crippen LogP contribution >= 0.6 is 15.9 Å². The van der Waals surface area contributed by atoms with E-state index in [0.29, 0.717) is 16.8 Å². The fraction of sp³-hybridized carbons (Fsp3) is 0.556. The zero-order valence-corrected chi connectivity index (χ0v) is 16.7. The highest BCUT2D eigenvalue weighted by Crippen LogP contribution is 2.36. The molecule has 0 radical (unpaired) electrons. The van der Waals surface area contributed by atoms with Gasteiger partial charge in [-0.1, -0.05) is 27.2 Å². The van der Waals surface area contributed by atoms with Crippen molar-refractivity contribution in [3.63, 3.8) is 0 Å². The topological polar surface area (TPSA) is 70.1 Å². The molecular formula is C18H25BrN2O4. The SMILES string of the molecule is CCCCN1C(=O)[C@H](C(C)C)N(Cc2cc(Br)c(O)c(OC)c2)C1=O. The van der Waals surface area contributed by atoms with Crippen LogP contribution in [0.25, 0.3) is 0 Å². The van der Waals surface area contributed by atoms with E-state index in [1.54, 1.807) is 17.0 Å². The monoisotopic (exact) mass is 412 g/mol. The second kappa shape index (κ2) is 8.08. The number of nitrogens with zero attached hydrogens (tertiary/aromatic N) is 2. The Kier molecular flexibility index (Phi) is 6.32. The van der Waals surface area contributed by atoms with Gasteiger partial charge in [-0.3, -0.25) is 9.69 Å². The summed E-state index contributed by atoms with van der Waals surface area (Å²) < 4.78 is 5.66. The summed E-state index contributed by atoms with van der Waals surface area (Å²) in [5.41, 5.74) is 0.783. The summed E-state index contributed by atoms with van der Waals surface area (Å²) in [6.07, 6.45) is 1.72. The minimum atomic E-state index is -0.470. The second-order valence-electron chi connectivity index (χ2n) is 6.57. The number of unbranched alkanes of at least 4 members (excludes halogenated alkanes) is 1. The van der Waals surface area contributed by atoms with Crippen molar-refractivity contribution < 1.29 is 19.4 Å². The Morgan fingerprint density at radius 2 is 2.00 bits per heavy atom. The Balaban J connectivity index is 2.31. The number of halogens is 1. The molecule has 1 atom stereocenters. The summed E-state index contributed by atoms with van der Waals surface area (Å²) in [5.74, 6) is 0.232. The number of imide groups is 1. The standard InChI is InChI=1S/C18H25BrN2O4/c1-5-6-7-20-17(23)15(11(2)3)21(18(20)24)10-12-8-13(19)16(22)14(9-12)25-4/h8-9,11,15,22H,5-7,10H2,1-4H3/t15-/m0/s1. The smallest absolute Gasteiger partial charge is 0.327 e. The van der Waals surface area contributed by atoms with Crippen LogP contribution in [-0.2, 0) is 11.3 Å². The zero-order valence-electron chi connectivity index (χ0n) is 15.1. The van der Waals surface area contributed by atoms with Crippen LogP contribution in [0.4, 0.5) is 4.79 Å². The van der Waals surface area contributed by atoms with E-state index in [9.17, 15) is 14.7 Å². The van der Waals surface area contributed by atoms with Gasteiger partial charge in [-0.15, -0.1) is 0 Å². The molecule has 6 nitrogen and oxygen atoms in total. The third-order valence-electron chi connectivity index (χ3n) is 4.36. The number of carbonyl (C=O) groups is 2. The van der Waals surface area contributed by atoms with Crippen LogP contribution in [0.2, 0.25) is 0 Å². The van der Waals surface area contributed by atoms with Gasteiger partial charge in [-0.05, 0) is 46.0 Å². The maximum absolute atomic E-state index is 12.8. The Morgan fingerprint density at radius 1 is 1.32 bits per heavy atom. The Morgan fingerprint density at radius 3 is 2.56 bits per heavy atom. The molecule has 2 rings (SSSR count). The largest absolute Gasteiger partial charge is 0.503 e. The fourth-order valence-corrected chi connectivity index (χ4v) is 3.55. The first kappa shape index (κ1) is 19.6. The third-order valence-corrected chi connectivity index (χ3v) is 4.96. The number of hydrogen-bond donors (Lipinski definition) is 1. The average Bonchev–Trinajstić information content (AvgIpc) is 2.79. The van der Waals surface area contributed by atoms with Gasteiger partial charge >= 0.3 is 6.03 Å². The van der Waals surface area contributed by atoms with Crippen molar-refractivity contribution in [3.05, 3.63) is 22.2 Å². The molecule has 1 saturated heterocycles. The van der Waals surface area contributed by atoms with E-state index >= 15 is 0 Å². The molecule has 1 N–H and O–H groups in total. The van der Waals surface area contributed by atoms with E-state index in [-0.39, 0.29) is 30.2 Å². The number of carbonyl (C=O) groups excluding carboxylic acids is 2. The fourth-order valence-electron chi connectivity index (χ4n) is 3.07. The van der Waals surface area contributed by atoms with Crippen LogP contribution in [0.3, 0.4) is 0 Å². The van der Waals surface area contributed by atoms with Crippen LogP contribution in [0.15, 0.2) is 16.6 Å². The highest BCUT2D eigenvalue weighted by Gasteiger charge is 2.45. The van der Waals surface area contributed by atoms with Gasteiger partial charge in [-0.2, -0.15) is 0 Å². The second-order valence-corrected chi connectivity index (χ2v) is 7.43. The van der Waals surface area contributed by atoms with Gasteiger partial charge in [-0.25, -0.2) is 4.79 Å². The molecule has 0 aliphatic carbocycles. The van der Waals surface area contributed by atoms with Gasteiger partial charge in [0.05, 0.1) is 11.6 Å². The first-order valence-electron chi connectivity index (χ1n) is 8.49. The number of benzene rings is 1. The lowest BCUT2D eigenvalue weighted by molar-refractivity contribution is -0.129. The van der Waals surface area contributed by atoms with Crippen LogP contribution in [0.1, 0.15) is 39.2 Å². The molecule has 3 amide bonds. The van der Waals surface area contributed by atoms with E-state index in [0.717, 1.165) is 18.4 Å². The van der Waals surface area contributed by atoms with Crippen LogP contribution < -0.4 is 4.74 Å². The Hall–Kier alpha value is -1.76. The van der Waals surface area contributed by atoms with Crippen molar-refractivity contribution in [2.45, 2.75) is 46.2 Å². The minimum absolute atomic E-state index is 0.0139. The lowest BCUT2D eigenvalue weighted by Crippen LogP contribution is -2.38. The highest BCUT2D eigenvalue weighted by atomic mass is 79.9. The number of ether oxygens (including phenoxy) is 1. The average molecular weight is 413 g/mol. The lowest BCUT2D eigenvalue weighted by atomic mass is 10.0. The van der Waals surface area contributed by atoms with Gasteiger partial charge in [0, 0.05) is 13.1 Å². The third kappa shape index (κ3) is 3.92. The van der Waals surface area contributed by atoms with Crippen molar-refractivity contribution in [2.75, 3.05) is 13.7 Å². The van der Waals surface area contributed by atoms with E-state index in [2.05, 4.69) is 15.9 Å². The van der Waals surface area contributed by atoms with Crippen LogP contribution in [0.5, 0.6) is 11.5 Å². The summed E-state index contributed by atoms with van der Waals surface area (Å²) in [4.78, 5) is 28.5. The number of hydrogen-bond acceptors (Lipinski definition) is 4. The van der Waals surface area contributed by atoms with Crippen molar-refractivity contribution in [2.24, 2.45) is 5.92 Å². The molecule has 1 aromatic rings. The quantitative estimate of drug-likeness (QED) is 0.692. The van der Waals surface area contributed by atoms with E-state index < -0.39 is 6.04 Å². The zero-order chi connectivity index (χ0) is 18.7. The molecule has 0 unspecified atom stereocenters. The van der Waals surface area contributed by atoms with E-state index in [4.69, 9.17) is 4.74 Å². The summed E-state index contributed by atoms with van der Waals surface area (Å²) in [5, 5.41) is 9.94. The van der Waals surface area contributed by atoms with Gasteiger partial charge in [0.1, 0.15) is 6.04 Å². The van der Waals surface area contributed by atoms with Gasteiger partial charge in [0.2, 0.25) is 0 Å². The number of rotatable bonds is 7. The number of amides is 3. The maximum Gasteiger partial charge on any atom is 0.327 e. The lowest BCUT2D eigenvalue weighted by Gasteiger charge is -2.25. The summed E-state index contributed by atoms with van der Waals surface area (Å²) in [6.45, 7) is 6.66. The minimum Gasteiger partial charge on any atom is -0.503 e. The molecular weight excluding hydrogens is 388 g/mol. The van der Waals surface area contributed by atoms with E-state index in [1.807, 2.05) is 20.8 Å². The molecule has 1 aliphatic rings. The first-order valence-corrected chi connectivity index (χ1v) is 9.28. The van der Waals surface area contributed by atoms with Crippen molar-refractivity contribution in [1.29, 1.82) is 0 Å². The molecule has 0 bridgehead atoms. The summed E-state index contributed by atoms with van der Waals surface area (Å²) in [7, 11) is 1.47. The summed E-state index contributed by atoms with van der Waals surface area (Å²) >= 11 is 3.29. The molecule has 1 aromatic carbocycles. The van der Waals surface area contributed by atoms with Gasteiger partial charge in [0.25, 0.3) is 5.91 Å². The van der Waals surface area contributed by atoms with Crippen molar-refractivity contribution in [3.8, 4) is 11.5 Å². The van der Waals surface area contributed by atoms with Crippen molar-refractivity contribution >= 4 is 27.9 Å². The number of methoxy groups -OCH3 is 1. The van der Waals surface area contributed by atoms with Gasteiger partial charge < -0.3 is 14.7 Å². The highest BCUT2D eigenvalue weighted by molar-refractivity contribution is 9.10. The molecule has 7 heteroatoms. The first-order chi connectivity index (χ1) is 11.8. The molecule has 138 valence electrons. The molecule has 25 heavy (non-hydrogen) atoms. The predicted octanol–water partition coefficient (Wildman–Crippen LogP) is 3.75. The van der Waals surface area contributed by atoms with Gasteiger partial charge in [0.15, 0.2) is 11.5 Å². The van der Waals surface area contributed by atoms with Crippen LogP contribution in [0, 0.1) is 5.92 Å². The summed E-state index contributed by atoms with van der Waals surface area (Å²) in [6, 6.07) is 2.70. The van der Waals surface area contributed by atoms with Crippen LogP contribution in [-0.4, -0.2) is 46.5 Å². The Bertz CT molecular complexity index is 663. The molecule has 1 aliphatic heterocycles. The molecule has 0 aromatic heterocycles. The maximum atomic E-state index is 12.8. The van der Waals surface area contributed by atoms with E-state index in [1.165, 1.54) is 12.0 Å². The number of phenolic OH excluding ortho intramolecular Hbond substituents is 1. The number of phenols is 1.